The van der Waals surface area contributed by atoms with Crippen molar-refractivity contribution >= 4 is 17.4 Å². The van der Waals surface area contributed by atoms with Crippen LogP contribution in [0, 0.1) is 0 Å². The molecule has 0 radical (unpaired) electrons. The van der Waals surface area contributed by atoms with Crippen LogP contribution in [-0.2, 0) is 0 Å². The number of methoxy groups -OCH3 is 1. The summed E-state index contributed by atoms with van der Waals surface area (Å²) >= 11 is 0. The molecule has 24 heavy (non-hydrogen) atoms. The number of benzene rings is 1. The second-order valence-electron chi connectivity index (χ2n) is 5.85. The van der Waals surface area contributed by atoms with E-state index in [0.29, 0.717) is 11.4 Å². The number of amides is 1. The number of carbonyl (C=O) groups excluding carboxylic acids is 1. The first-order chi connectivity index (χ1) is 11.8. The Morgan fingerprint density at radius 2 is 1.79 bits per heavy atom. The van der Waals surface area contributed by atoms with Crippen LogP contribution in [0.15, 0.2) is 36.7 Å². The first-order valence-electron chi connectivity index (χ1n) is 8.28. The van der Waals surface area contributed by atoms with Gasteiger partial charge in [-0.15, -0.1) is 0 Å². The summed E-state index contributed by atoms with van der Waals surface area (Å²) in [5.74, 6) is 1.34. The van der Waals surface area contributed by atoms with Crippen molar-refractivity contribution in [3.8, 4) is 5.75 Å². The lowest BCUT2D eigenvalue weighted by Crippen LogP contribution is -2.25. The molecule has 1 N–H and O–H groups in total. The summed E-state index contributed by atoms with van der Waals surface area (Å²) in [6, 6.07) is 8.97. The molecular weight excluding hydrogens is 304 g/mol. The highest BCUT2D eigenvalue weighted by atomic mass is 16.5. The molecule has 2 aromatic rings. The fourth-order valence-corrected chi connectivity index (χ4v) is 2.81. The minimum absolute atomic E-state index is 0.237. The second kappa shape index (κ2) is 7.77. The van der Waals surface area contributed by atoms with Gasteiger partial charge in [-0.3, -0.25) is 4.79 Å². The number of anilines is 2. The molecule has 1 aromatic heterocycles. The molecule has 1 amide bonds. The molecule has 0 saturated carbocycles. The van der Waals surface area contributed by atoms with Gasteiger partial charge >= 0.3 is 0 Å². The molecule has 0 bridgehead atoms. The van der Waals surface area contributed by atoms with Crippen molar-refractivity contribution in [3.05, 3.63) is 42.4 Å². The summed E-state index contributed by atoms with van der Waals surface area (Å²) in [5, 5.41) is 2.85. The van der Waals surface area contributed by atoms with E-state index in [-0.39, 0.29) is 5.91 Å². The zero-order chi connectivity index (χ0) is 16.8. The molecular formula is C18H22N4O2. The highest BCUT2D eigenvalue weighted by molar-refractivity contribution is 6.03. The number of hydrogen-bond donors (Lipinski definition) is 1. The van der Waals surface area contributed by atoms with Gasteiger partial charge in [-0.05, 0) is 37.1 Å². The van der Waals surface area contributed by atoms with Crippen molar-refractivity contribution in [1.29, 1.82) is 0 Å². The Bertz CT molecular complexity index is 680. The molecule has 126 valence electrons. The van der Waals surface area contributed by atoms with Gasteiger partial charge in [0.15, 0.2) is 0 Å². The minimum Gasteiger partial charge on any atom is -0.497 e. The summed E-state index contributed by atoms with van der Waals surface area (Å²) in [5.41, 5.74) is 1.08. The largest absolute Gasteiger partial charge is 0.497 e. The van der Waals surface area contributed by atoms with Gasteiger partial charge in [0.25, 0.3) is 5.91 Å². The molecule has 1 aliphatic rings. The first kappa shape index (κ1) is 16.2. The normalized spacial score (nSPS) is 14.8. The topological polar surface area (TPSA) is 67.3 Å². The molecule has 1 aliphatic heterocycles. The second-order valence-corrected chi connectivity index (χ2v) is 5.85. The Labute approximate surface area is 141 Å². The minimum atomic E-state index is -0.237. The first-order valence-corrected chi connectivity index (χ1v) is 8.28. The van der Waals surface area contributed by atoms with Crippen molar-refractivity contribution in [1.82, 2.24) is 9.97 Å². The van der Waals surface area contributed by atoms with E-state index < -0.39 is 0 Å². The Balaban J connectivity index is 1.71. The van der Waals surface area contributed by atoms with Crippen LogP contribution in [0.4, 0.5) is 11.5 Å². The summed E-state index contributed by atoms with van der Waals surface area (Å²) in [7, 11) is 1.61. The van der Waals surface area contributed by atoms with E-state index in [1.54, 1.807) is 37.4 Å². The van der Waals surface area contributed by atoms with Crippen molar-refractivity contribution in [2.75, 3.05) is 30.4 Å². The molecule has 1 fully saturated rings. The number of nitrogens with one attached hydrogen (secondary N) is 1. The molecule has 3 rings (SSSR count). The lowest BCUT2D eigenvalue weighted by Gasteiger charge is -2.21. The predicted molar refractivity (Wildman–Crippen MR) is 93.7 cm³/mol. The quantitative estimate of drug-likeness (QED) is 0.935. The lowest BCUT2D eigenvalue weighted by atomic mass is 10.2. The van der Waals surface area contributed by atoms with E-state index in [1.165, 1.54) is 19.2 Å². The standard InChI is InChI=1S/C18H22N4O2/c1-24-15-8-6-14(7-9-15)21-18(23)16-12-17(20-13-19-16)22-10-4-2-3-5-11-22/h6-9,12-13H,2-5,10-11H2,1H3,(H,21,23). The van der Waals surface area contributed by atoms with Gasteiger partial charge in [0.1, 0.15) is 23.6 Å². The van der Waals surface area contributed by atoms with Crippen LogP contribution >= 0.6 is 0 Å². The molecule has 6 nitrogen and oxygen atoms in total. The SMILES string of the molecule is COc1ccc(NC(=O)c2cc(N3CCCCCC3)ncn2)cc1. The van der Waals surface area contributed by atoms with Crippen LogP contribution in [0.2, 0.25) is 0 Å². The number of hydrogen-bond acceptors (Lipinski definition) is 5. The summed E-state index contributed by atoms with van der Waals surface area (Å²) in [6.07, 6.45) is 6.30. The average molecular weight is 326 g/mol. The molecule has 2 heterocycles. The van der Waals surface area contributed by atoms with Gasteiger partial charge in [-0.1, -0.05) is 12.8 Å². The molecule has 1 saturated heterocycles. The van der Waals surface area contributed by atoms with E-state index in [2.05, 4.69) is 20.2 Å². The molecule has 6 heteroatoms. The van der Waals surface area contributed by atoms with Crippen molar-refractivity contribution in [2.24, 2.45) is 0 Å². The van der Waals surface area contributed by atoms with Crippen LogP contribution in [0.25, 0.3) is 0 Å². The van der Waals surface area contributed by atoms with Gasteiger partial charge in [0.05, 0.1) is 7.11 Å². The van der Waals surface area contributed by atoms with Crippen LogP contribution < -0.4 is 15.0 Å². The number of ether oxygens (including phenoxy) is 1. The Morgan fingerprint density at radius 3 is 2.46 bits per heavy atom. The molecule has 0 atom stereocenters. The summed E-state index contributed by atoms with van der Waals surface area (Å²) in [4.78, 5) is 23.1. The van der Waals surface area contributed by atoms with Crippen LogP contribution in [-0.4, -0.2) is 36.1 Å². The lowest BCUT2D eigenvalue weighted by molar-refractivity contribution is 0.102. The fourth-order valence-electron chi connectivity index (χ4n) is 2.81. The van der Waals surface area contributed by atoms with Gasteiger partial charge in [0, 0.05) is 24.8 Å². The van der Waals surface area contributed by atoms with Crippen molar-refractivity contribution < 1.29 is 9.53 Å². The third kappa shape index (κ3) is 4.01. The maximum Gasteiger partial charge on any atom is 0.274 e. The third-order valence-corrected chi connectivity index (χ3v) is 4.16. The van der Waals surface area contributed by atoms with E-state index in [4.69, 9.17) is 4.74 Å². The monoisotopic (exact) mass is 326 g/mol. The van der Waals surface area contributed by atoms with Crippen molar-refractivity contribution in [2.45, 2.75) is 25.7 Å². The maximum absolute atomic E-state index is 12.4. The highest BCUT2D eigenvalue weighted by Gasteiger charge is 2.14. The summed E-state index contributed by atoms with van der Waals surface area (Å²) in [6.45, 7) is 1.97. The number of rotatable bonds is 4. The fraction of sp³-hybridized carbons (Fsp3) is 0.389. The third-order valence-electron chi connectivity index (χ3n) is 4.16. The smallest absolute Gasteiger partial charge is 0.274 e. The zero-order valence-electron chi connectivity index (χ0n) is 13.9. The number of aromatic nitrogens is 2. The Kier molecular flexibility index (Phi) is 5.25. The molecule has 1 aromatic carbocycles. The van der Waals surface area contributed by atoms with Gasteiger partial charge in [-0.2, -0.15) is 0 Å². The zero-order valence-corrected chi connectivity index (χ0v) is 13.9. The highest BCUT2D eigenvalue weighted by Crippen LogP contribution is 2.19. The van der Waals surface area contributed by atoms with E-state index >= 15 is 0 Å². The van der Waals surface area contributed by atoms with Gasteiger partial charge in [0.2, 0.25) is 0 Å². The number of carbonyl (C=O) groups is 1. The Hall–Kier alpha value is -2.63. The van der Waals surface area contributed by atoms with Crippen LogP contribution in [0.3, 0.4) is 0 Å². The van der Waals surface area contributed by atoms with Gasteiger partial charge in [-0.25, -0.2) is 9.97 Å². The van der Waals surface area contributed by atoms with Gasteiger partial charge < -0.3 is 15.0 Å². The van der Waals surface area contributed by atoms with E-state index in [1.807, 2.05) is 0 Å². The molecule has 0 unspecified atom stereocenters. The maximum atomic E-state index is 12.4. The summed E-state index contributed by atoms with van der Waals surface area (Å²) < 4.78 is 5.11. The van der Waals surface area contributed by atoms with Crippen molar-refractivity contribution in [3.63, 3.8) is 0 Å². The Morgan fingerprint density at radius 1 is 1.08 bits per heavy atom. The average Bonchev–Trinajstić information content (AvgIpc) is 2.92. The van der Waals surface area contributed by atoms with Crippen LogP contribution in [0.1, 0.15) is 36.2 Å². The van der Waals surface area contributed by atoms with Crippen LogP contribution in [0.5, 0.6) is 5.75 Å². The predicted octanol–water partition coefficient (Wildman–Crippen LogP) is 3.12. The van der Waals surface area contributed by atoms with E-state index in [9.17, 15) is 4.79 Å². The van der Waals surface area contributed by atoms with E-state index in [0.717, 1.165) is 37.5 Å². The number of nitrogens with zero attached hydrogens (tertiary/aromatic N) is 3. The molecule has 0 spiro atoms. The molecule has 0 aliphatic carbocycles.